The van der Waals surface area contributed by atoms with E-state index in [1.807, 2.05) is 0 Å². The van der Waals surface area contributed by atoms with Crippen molar-refractivity contribution in [3.05, 3.63) is 0 Å². The first-order chi connectivity index (χ1) is 14.6. The van der Waals surface area contributed by atoms with E-state index in [-0.39, 0.29) is 18.9 Å². The first kappa shape index (κ1) is 24.0. The maximum atomic E-state index is 11.6. The van der Waals surface area contributed by atoms with Crippen molar-refractivity contribution < 1.29 is 20.4 Å². The first-order valence-corrected chi connectivity index (χ1v) is 13.3. The molecule has 0 saturated heterocycles. The Morgan fingerprint density at radius 2 is 1.68 bits per heavy atom. The van der Waals surface area contributed by atoms with Crippen molar-refractivity contribution in [1.82, 2.24) is 0 Å². The number of rotatable bonds is 6. The van der Waals surface area contributed by atoms with Crippen LogP contribution in [0, 0.1) is 46.3 Å². The molecule has 31 heavy (non-hydrogen) atoms. The standard InChI is InChI=1S/C27H48O4/c1-17(2)6-5-7-18(3)21-8-9-22-20-14-24(30)27(31)15-19(29)10-13-26(27,16-28)23(20)11-12-25(21,22)4/h17-24,28-31H,5-16H2,1-4H3. The molecule has 0 aromatic carbocycles. The van der Waals surface area contributed by atoms with E-state index in [0.29, 0.717) is 36.5 Å². The maximum Gasteiger partial charge on any atom is 0.101 e. The summed E-state index contributed by atoms with van der Waals surface area (Å²) in [6.07, 6.45) is 9.35. The van der Waals surface area contributed by atoms with E-state index in [1.54, 1.807) is 0 Å². The summed E-state index contributed by atoms with van der Waals surface area (Å²) in [5.41, 5.74) is -1.69. The summed E-state index contributed by atoms with van der Waals surface area (Å²) >= 11 is 0. The van der Waals surface area contributed by atoms with Gasteiger partial charge in [0.1, 0.15) is 5.60 Å². The number of hydrogen-bond acceptors (Lipinski definition) is 4. The molecule has 4 nitrogen and oxygen atoms in total. The van der Waals surface area contributed by atoms with Gasteiger partial charge in [0, 0.05) is 11.8 Å². The second kappa shape index (κ2) is 8.56. The Morgan fingerprint density at radius 1 is 0.935 bits per heavy atom. The van der Waals surface area contributed by atoms with Gasteiger partial charge in [0.2, 0.25) is 0 Å². The molecular weight excluding hydrogens is 388 g/mol. The highest BCUT2D eigenvalue weighted by Gasteiger charge is 2.69. The molecule has 10 atom stereocenters. The van der Waals surface area contributed by atoms with Gasteiger partial charge < -0.3 is 20.4 Å². The molecule has 0 radical (unpaired) electrons. The molecule has 4 saturated carbocycles. The molecule has 0 amide bonds. The predicted octanol–water partition coefficient (Wildman–Crippen LogP) is 4.53. The van der Waals surface area contributed by atoms with Crippen LogP contribution in [-0.4, -0.2) is 44.8 Å². The summed E-state index contributed by atoms with van der Waals surface area (Å²) in [5, 5.41) is 43.7. The summed E-state index contributed by atoms with van der Waals surface area (Å²) in [7, 11) is 0. The van der Waals surface area contributed by atoms with Gasteiger partial charge in [-0.3, -0.25) is 0 Å². The molecule has 0 aliphatic heterocycles. The van der Waals surface area contributed by atoms with Gasteiger partial charge in [-0.1, -0.05) is 47.0 Å². The van der Waals surface area contributed by atoms with Crippen molar-refractivity contribution in [3.63, 3.8) is 0 Å². The van der Waals surface area contributed by atoms with E-state index >= 15 is 0 Å². The average molecular weight is 437 g/mol. The SMILES string of the molecule is CC(C)CCCC(C)C1CCC2C3CC(O)C4(O)CC(O)CCC4(CO)C3CCC12C. The van der Waals surface area contributed by atoms with Gasteiger partial charge in [-0.25, -0.2) is 0 Å². The smallest absolute Gasteiger partial charge is 0.101 e. The second-order valence-corrected chi connectivity index (χ2v) is 12.8. The Kier molecular flexibility index (Phi) is 6.62. The molecule has 4 heteroatoms. The molecule has 180 valence electrons. The average Bonchev–Trinajstić information content (AvgIpc) is 3.06. The lowest BCUT2D eigenvalue weighted by Crippen LogP contribution is -2.70. The van der Waals surface area contributed by atoms with Crippen molar-refractivity contribution in [1.29, 1.82) is 0 Å². The van der Waals surface area contributed by atoms with Crippen molar-refractivity contribution >= 4 is 0 Å². The lowest BCUT2D eigenvalue weighted by molar-refractivity contribution is -0.280. The van der Waals surface area contributed by atoms with Crippen LogP contribution < -0.4 is 0 Å². The van der Waals surface area contributed by atoms with Crippen molar-refractivity contribution in [2.75, 3.05) is 6.61 Å². The Balaban J connectivity index is 1.56. The van der Waals surface area contributed by atoms with Crippen LogP contribution in [0.3, 0.4) is 0 Å². The zero-order chi connectivity index (χ0) is 22.6. The van der Waals surface area contributed by atoms with E-state index in [4.69, 9.17) is 0 Å². The van der Waals surface area contributed by atoms with E-state index in [0.717, 1.165) is 24.2 Å². The fraction of sp³-hybridized carbons (Fsp3) is 1.00. The van der Waals surface area contributed by atoms with Crippen LogP contribution >= 0.6 is 0 Å². The monoisotopic (exact) mass is 436 g/mol. The topological polar surface area (TPSA) is 80.9 Å². The fourth-order valence-corrected chi connectivity index (χ4v) is 9.39. The summed E-state index contributed by atoms with van der Waals surface area (Å²) in [6, 6.07) is 0. The number of aliphatic hydroxyl groups excluding tert-OH is 3. The molecule has 0 aromatic rings. The Hall–Kier alpha value is -0.160. The molecule has 0 bridgehead atoms. The van der Waals surface area contributed by atoms with E-state index < -0.39 is 23.2 Å². The van der Waals surface area contributed by atoms with Crippen molar-refractivity contribution in [3.8, 4) is 0 Å². The molecule has 4 rings (SSSR count). The second-order valence-electron chi connectivity index (χ2n) is 12.8. The van der Waals surface area contributed by atoms with Crippen LogP contribution in [0.15, 0.2) is 0 Å². The quantitative estimate of drug-likeness (QED) is 0.493. The largest absolute Gasteiger partial charge is 0.396 e. The van der Waals surface area contributed by atoms with Crippen LogP contribution in [0.25, 0.3) is 0 Å². The summed E-state index contributed by atoms with van der Waals surface area (Å²) in [6.45, 7) is 9.54. The molecular formula is C27H48O4. The third-order valence-electron chi connectivity index (χ3n) is 11.0. The highest BCUT2D eigenvalue weighted by Crippen LogP contribution is 2.69. The van der Waals surface area contributed by atoms with Gasteiger partial charge in [-0.05, 0) is 85.9 Å². The normalized spacial score (nSPS) is 50.6. The molecule has 4 fully saturated rings. The Morgan fingerprint density at radius 3 is 2.35 bits per heavy atom. The van der Waals surface area contributed by atoms with E-state index in [2.05, 4.69) is 27.7 Å². The van der Waals surface area contributed by atoms with Gasteiger partial charge in [0.15, 0.2) is 0 Å². The molecule has 0 aromatic heterocycles. The molecule has 0 spiro atoms. The van der Waals surface area contributed by atoms with Gasteiger partial charge in [-0.15, -0.1) is 0 Å². The van der Waals surface area contributed by atoms with Crippen LogP contribution in [0.1, 0.15) is 98.3 Å². The maximum absolute atomic E-state index is 11.6. The van der Waals surface area contributed by atoms with Crippen LogP contribution in [0.2, 0.25) is 0 Å². The molecule has 4 aliphatic carbocycles. The third kappa shape index (κ3) is 3.63. The van der Waals surface area contributed by atoms with Crippen LogP contribution in [0.4, 0.5) is 0 Å². The summed E-state index contributed by atoms with van der Waals surface area (Å²) in [5.74, 6) is 3.49. The van der Waals surface area contributed by atoms with Gasteiger partial charge in [0.25, 0.3) is 0 Å². The Bertz CT molecular complexity index is 637. The molecule has 4 N–H and O–H groups in total. The zero-order valence-corrected chi connectivity index (χ0v) is 20.4. The first-order valence-electron chi connectivity index (χ1n) is 13.3. The minimum Gasteiger partial charge on any atom is -0.396 e. The predicted molar refractivity (Wildman–Crippen MR) is 123 cm³/mol. The highest BCUT2D eigenvalue weighted by molar-refractivity contribution is 5.18. The molecule has 10 unspecified atom stereocenters. The number of aliphatic hydroxyl groups is 4. The minimum absolute atomic E-state index is 0.0765. The van der Waals surface area contributed by atoms with Crippen LogP contribution in [0.5, 0.6) is 0 Å². The minimum atomic E-state index is -1.35. The number of fused-ring (bicyclic) bond motifs is 5. The summed E-state index contributed by atoms with van der Waals surface area (Å²) in [4.78, 5) is 0. The fourth-order valence-electron chi connectivity index (χ4n) is 9.39. The third-order valence-corrected chi connectivity index (χ3v) is 11.0. The lowest BCUT2D eigenvalue weighted by atomic mass is 9.42. The Labute approximate surface area is 189 Å². The van der Waals surface area contributed by atoms with Gasteiger partial charge in [0.05, 0.1) is 18.8 Å². The van der Waals surface area contributed by atoms with Gasteiger partial charge >= 0.3 is 0 Å². The zero-order valence-electron chi connectivity index (χ0n) is 20.4. The number of hydrogen-bond donors (Lipinski definition) is 4. The molecule has 4 aliphatic rings. The summed E-state index contributed by atoms with van der Waals surface area (Å²) < 4.78 is 0. The van der Waals surface area contributed by atoms with Gasteiger partial charge in [-0.2, -0.15) is 0 Å². The molecule has 0 heterocycles. The van der Waals surface area contributed by atoms with Crippen molar-refractivity contribution in [2.45, 2.75) is 116 Å². The van der Waals surface area contributed by atoms with Crippen LogP contribution in [-0.2, 0) is 0 Å². The van der Waals surface area contributed by atoms with E-state index in [1.165, 1.54) is 38.5 Å². The highest BCUT2D eigenvalue weighted by atomic mass is 16.4. The lowest BCUT2D eigenvalue weighted by Gasteiger charge is -2.65. The van der Waals surface area contributed by atoms with Crippen molar-refractivity contribution in [2.24, 2.45) is 46.3 Å². The van der Waals surface area contributed by atoms with E-state index in [9.17, 15) is 20.4 Å².